The van der Waals surface area contributed by atoms with E-state index >= 15 is 0 Å². The Balaban J connectivity index is 1.41. The molecular formula is C27H32N2O5. The van der Waals surface area contributed by atoms with Crippen molar-refractivity contribution in [2.75, 3.05) is 19.8 Å². The van der Waals surface area contributed by atoms with Crippen molar-refractivity contribution in [3.8, 4) is 17.0 Å². The van der Waals surface area contributed by atoms with E-state index in [0.717, 1.165) is 29.8 Å². The SMILES string of the molecule is Cc1c(Cc2ccc(-c3ccccc3)cc2)c(OC2CC(O)CC(CO)O2)nn1C1CCOC1. The first-order valence-electron chi connectivity index (χ1n) is 12.0. The smallest absolute Gasteiger partial charge is 0.238 e. The maximum absolute atomic E-state index is 10.2. The van der Waals surface area contributed by atoms with E-state index in [-0.39, 0.29) is 12.6 Å². The van der Waals surface area contributed by atoms with Crippen LogP contribution in [0.2, 0.25) is 0 Å². The predicted molar refractivity (Wildman–Crippen MR) is 128 cm³/mol. The minimum Gasteiger partial charge on any atom is -0.446 e. The summed E-state index contributed by atoms with van der Waals surface area (Å²) in [5, 5.41) is 24.5. The molecular weight excluding hydrogens is 432 g/mol. The lowest BCUT2D eigenvalue weighted by molar-refractivity contribution is -0.186. The number of aliphatic hydroxyl groups excluding tert-OH is 2. The molecule has 180 valence electrons. The Bertz CT molecular complexity index is 1080. The molecule has 4 unspecified atom stereocenters. The van der Waals surface area contributed by atoms with E-state index in [1.54, 1.807) is 0 Å². The molecule has 0 saturated carbocycles. The molecule has 7 nitrogen and oxygen atoms in total. The molecule has 1 aromatic heterocycles. The molecule has 3 heterocycles. The minimum atomic E-state index is -0.650. The van der Waals surface area contributed by atoms with Crippen LogP contribution in [0.15, 0.2) is 54.6 Å². The fraction of sp³-hybridized carbons (Fsp3) is 0.444. The largest absolute Gasteiger partial charge is 0.446 e. The van der Waals surface area contributed by atoms with Crippen molar-refractivity contribution in [1.82, 2.24) is 9.78 Å². The molecule has 0 amide bonds. The van der Waals surface area contributed by atoms with Crippen LogP contribution in [0.4, 0.5) is 0 Å². The zero-order valence-corrected chi connectivity index (χ0v) is 19.5. The Kier molecular flexibility index (Phi) is 6.97. The van der Waals surface area contributed by atoms with Gasteiger partial charge in [0.2, 0.25) is 12.2 Å². The normalized spacial score (nSPS) is 24.9. The van der Waals surface area contributed by atoms with Crippen LogP contribution in [0.1, 0.15) is 42.1 Å². The number of benzene rings is 2. The summed E-state index contributed by atoms with van der Waals surface area (Å²) >= 11 is 0. The summed E-state index contributed by atoms with van der Waals surface area (Å²) in [6.07, 6.45) is 0.679. The topological polar surface area (TPSA) is 86.0 Å². The molecule has 5 rings (SSSR count). The summed E-state index contributed by atoms with van der Waals surface area (Å²) in [5.41, 5.74) is 5.58. The average molecular weight is 465 g/mol. The summed E-state index contributed by atoms with van der Waals surface area (Å²) in [7, 11) is 0. The summed E-state index contributed by atoms with van der Waals surface area (Å²) in [6, 6.07) is 19.1. The third-order valence-electron chi connectivity index (χ3n) is 6.72. The van der Waals surface area contributed by atoms with Gasteiger partial charge in [-0.15, -0.1) is 5.10 Å². The van der Waals surface area contributed by atoms with E-state index in [0.29, 0.717) is 31.7 Å². The molecule has 0 aliphatic carbocycles. The molecule has 3 aromatic rings. The third-order valence-corrected chi connectivity index (χ3v) is 6.72. The van der Waals surface area contributed by atoms with Gasteiger partial charge in [-0.1, -0.05) is 54.6 Å². The Labute approximate surface area is 199 Å². The second-order valence-electron chi connectivity index (χ2n) is 9.18. The van der Waals surface area contributed by atoms with E-state index in [4.69, 9.17) is 19.3 Å². The number of aliphatic hydroxyl groups is 2. The van der Waals surface area contributed by atoms with Crippen molar-refractivity contribution in [2.45, 2.75) is 57.1 Å². The van der Waals surface area contributed by atoms with Crippen LogP contribution in [0.3, 0.4) is 0 Å². The van der Waals surface area contributed by atoms with Crippen molar-refractivity contribution in [1.29, 1.82) is 0 Å². The highest BCUT2D eigenvalue weighted by molar-refractivity contribution is 5.63. The fourth-order valence-corrected chi connectivity index (χ4v) is 4.81. The molecule has 0 bridgehead atoms. The molecule has 34 heavy (non-hydrogen) atoms. The minimum absolute atomic E-state index is 0.148. The Morgan fingerprint density at radius 2 is 1.82 bits per heavy atom. The highest BCUT2D eigenvalue weighted by atomic mass is 16.7. The highest BCUT2D eigenvalue weighted by Gasteiger charge is 2.32. The average Bonchev–Trinajstić information content (AvgIpc) is 3.49. The van der Waals surface area contributed by atoms with Gasteiger partial charge >= 0.3 is 0 Å². The van der Waals surface area contributed by atoms with Crippen LogP contribution in [0, 0.1) is 6.92 Å². The van der Waals surface area contributed by atoms with Crippen molar-refractivity contribution < 1.29 is 24.4 Å². The van der Waals surface area contributed by atoms with E-state index in [2.05, 4.69) is 43.3 Å². The first-order valence-corrected chi connectivity index (χ1v) is 12.0. The standard InChI is InChI=1S/C27H32N2O5/c1-18-25(13-19-7-9-21(10-8-19)20-5-3-2-4-6-20)27(28-29(18)22-11-12-32-17-22)34-26-15-23(31)14-24(16-30)33-26/h2-10,22-24,26,30-31H,11-17H2,1H3. The van der Waals surface area contributed by atoms with Crippen LogP contribution in [-0.4, -0.2) is 58.3 Å². The number of ether oxygens (including phenoxy) is 3. The van der Waals surface area contributed by atoms with Gasteiger partial charge in [-0.3, -0.25) is 4.68 Å². The lowest BCUT2D eigenvalue weighted by atomic mass is 10.0. The molecule has 2 fully saturated rings. The molecule has 2 aliphatic heterocycles. The Hall–Kier alpha value is -2.71. The number of nitrogens with zero attached hydrogens (tertiary/aromatic N) is 2. The Morgan fingerprint density at radius 1 is 1.06 bits per heavy atom. The van der Waals surface area contributed by atoms with Crippen molar-refractivity contribution in [2.24, 2.45) is 0 Å². The van der Waals surface area contributed by atoms with Gasteiger partial charge in [-0.25, -0.2) is 0 Å². The first kappa shape index (κ1) is 23.1. The second kappa shape index (κ2) is 10.3. The molecule has 0 radical (unpaired) electrons. The number of aromatic nitrogens is 2. The molecule has 0 spiro atoms. The molecule has 2 aliphatic rings. The molecule has 2 saturated heterocycles. The zero-order chi connectivity index (χ0) is 23.5. The van der Waals surface area contributed by atoms with Gasteiger partial charge in [0, 0.05) is 37.1 Å². The monoisotopic (exact) mass is 464 g/mol. The van der Waals surface area contributed by atoms with E-state index < -0.39 is 18.5 Å². The number of hydrogen-bond donors (Lipinski definition) is 2. The van der Waals surface area contributed by atoms with Crippen molar-refractivity contribution in [3.63, 3.8) is 0 Å². The van der Waals surface area contributed by atoms with Crippen LogP contribution < -0.4 is 4.74 Å². The zero-order valence-electron chi connectivity index (χ0n) is 19.5. The highest BCUT2D eigenvalue weighted by Crippen LogP contribution is 2.32. The molecule has 7 heteroatoms. The fourth-order valence-electron chi connectivity index (χ4n) is 4.81. The summed E-state index contributed by atoms with van der Waals surface area (Å²) < 4.78 is 19.7. The summed E-state index contributed by atoms with van der Waals surface area (Å²) in [4.78, 5) is 0. The number of hydrogen-bond acceptors (Lipinski definition) is 6. The summed E-state index contributed by atoms with van der Waals surface area (Å²) in [5.74, 6) is 0.521. The van der Waals surface area contributed by atoms with Crippen LogP contribution in [0.25, 0.3) is 11.1 Å². The third kappa shape index (κ3) is 5.03. The van der Waals surface area contributed by atoms with E-state index in [1.807, 2.05) is 22.9 Å². The molecule has 2 aromatic carbocycles. The van der Waals surface area contributed by atoms with Crippen molar-refractivity contribution >= 4 is 0 Å². The van der Waals surface area contributed by atoms with E-state index in [9.17, 15) is 10.2 Å². The maximum Gasteiger partial charge on any atom is 0.238 e. The van der Waals surface area contributed by atoms with Gasteiger partial charge in [0.1, 0.15) is 0 Å². The second-order valence-corrected chi connectivity index (χ2v) is 9.18. The van der Waals surface area contributed by atoms with Gasteiger partial charge in [-0.05, 0) is 30.0 Å². The van der Waals surface area contributed by atoms with Crippen molar-refractivity contribution in [3.05, 3.63) is 71.4 Å². The molecule has 4 atom stereocenters. The quantitative estimate of drug-likeness (QED) is 0.555. The lowest BCUT2D eigenvalue weighted by Crippen LogP contribution is -2.40. The van der Waals surface area contributed by atoms with Gasteiger partial charge < -0.3 is 24.4 Å². The molecule has 2 N–H and O–H groups in total. The predicted octanol–water partition coefficient (Wildman–Crippen LogP) is 3.65. The van der Waals surface area contributed by atoms with E-state index in [1.165, 1.54) is 11.1 Å². The first-order chi connectivity index (χ1) is 16.6. The van der Waals surface area contributed by atoms with Gasteiger partial charge in [0.05, 0.1) is 31.5 Å². The maximum atomic E-state index is 10.2. The number of rotatable bonds is 7. The van der Waals surface area contributed by atoms with Crippen LogP contribution in [0.5, 0.6) is 5.88 Å². The van der Waals surface area contributed by atoms with Crippen LogP contribution in [-0.2, 0) is 15.9 Å². The summed E-state index contributed by atoms with van der Waals surface area (Å²) in [6.45, 7) is 3.29. The van der Waals surface area contributed by atoms with Crippen LogP contribution >= 0.6 is 0 Å². The lowest BCUT2D eigenvalue weighted by Gasteiger charge is -2.31. The van der Waals surface area contributed by atoms with Gasteiger partial charge in [0.25, 0.3) is 0 Å². The Morgan fingerprint density at radius 3 is 2.53 bits per heavy atom. The van der Waals surface area contributed by atoms with Gasteiger partial charge in [0.15, 0.2) is 0 Å². The van der Waals surface area contributed by atoms with Gasteiger partial charge in [-0.2, -0.15) is 0 Å².